The lowest BCUT2D eigenvalue weighted by molar-refractivity contribution is -0.303. The van der Waals surface area contributed by atoms with E-state index in [2.05, 4.69) is 27.4 Å². The first kappa shape index (κ1) is 34.7. The monoisotopic (exact) mass is 626 g/mol. The van der Waals surface area contributed by atoms with Crippen LogP contribution in [0.15, 0.2) is 12.2 Å². The van der Waals surface area contributed by atoms with Gasteiger partial charge < -0.3 is 50.0 Å². The van der Waals surface area contributed by atoms with Crippen molar-refractivity contribution in [3.63, 3.8) is 0 Å². The maximum atomic E-state index is 12.7. The maximum Gasteiger partial charge on any atom is 0.186 e. The van der Waals surface area contributed by atoms with Crippen LogP contribution in [-0.4, -0.2) is 111 Å². The van der Waals surface area contributed by atoms with E-state index in [0.29, 0.717) is 19.3 Å². The van der Waals surface area contributed by atoms with Crippen molar-refractivity contribution in [3.8, 4) is 0 Å². The Morgan fingerprint density at radius 1 is 0.977 bits per heavy atom. The molecule has 0 aromatic carbocycles. The maximum absolute atomic E-state index is 12.7. The second kappa shape index (κ2) is 12.7. The molecule has 17 atom stereocenters. The summed E-state index contributed by atoms with van der Waals surface area (Å²) in [5.41, 5.74) is -1.25. The van der Waals surface area contributed by atoms with Crippen LogP contribution in [0.4, 0.5) is 0 Å². The van der Waals surface area contributed by atoms with Gasteiger partial charge >= 0.3 is 0 Å². The van der Waals surface area contributed by atoms with Crippen LogP contribution in [0.2, 0.25) is 0 Å². The van der Waals surface area contributed by atoms with E-state index in [0.717, 1.165) is 31.3 Å². The van der Waals surface area contributed by atoms with E-state index >= 15 is 0 Å². The van der Waals surface area contributed by atoms with Gasteiger partial charge in [-0.15, -0.1) is 0 Å². The summed E-state index contributed by atoms with van der Waals surface area (Å²) >= 11 is 0. The summed E-state index contributed by atoms with van der Waals surface area (Å²) in [5.74, 6) is -1.00. The van der Waals surface area contributed by atoms with Gasteiger partial charge in [-0.1, -0.05) is 39.8 Å². The summed E-state index contributed by atoms with van der Waals surface area (Å²) in [6.07, 6.45) is -1.90. The number of aliphatic hydroxyl groups excluding tert-OH is 6. The van der Waals surface area contributed by atoms with Crippen LogP contribution >= 0.6 is 0 Å². The van der Waals surface area contributed by atoms with Gasteiger partial charge in [0.15, 0.2) is 6.29 Å². The molecule has 0 unspecified atom stereocenters. The molecule has 5 fully saturated rings. The Bertz CT molecular complexity index is 1030. The Hall–Kier alpha value is -0.660. The van der Waals surface area contributed by atoms with Gasteiger partial charge in [0.05, 0.1) is 36.6 Å². The number of methoxy groups -OCH3 is 1. The number of fused-ring (bicyclic) bond motifs is 5. The molecule has 1 aliphatic heterocycles. The van der Waals surface area contributed by atoms with Crippen molar-refractivity contribution in [3.05, 3.63) is 12.2 Å². The van der Waals surface area contributed by atoms with Crippen molar-refractivity contribution in [1.29, 1.82) is 0 Å². The molecular formula is C34H58O10. The summed E-state index contributed by atoms with van der Waals surface area (Å²) < 4.78 is 17.4. The van der Waals surface area contributed by atoms with E-state index in [1.165, 1.54) is 7.11 Å². The average Bonchev–Trinajstić information content (AvgIpc) is 3.18. The van der Waals surface area contributed by atoms with Crippen LogP contribution in [0.1, 0.15) is 79.1 Å². The first-order valence-corrected chi connectivity index (χ1v) is 16.8. The molecule has 4 aliphatic carbocycles. The fourth-order valence-corrected chi connectivity index (χ4v) is 10.9. The van der Waals surface area contributed by atoms with E-state index < -0.39 is 65.3 Å². The summed E-state index contributed by atoms with van der Waals surface area (Å²) in [6.45, 7) is 12.5. The molecule has 0 spiro atoms. The molecule has 0 bridgehead atoms. The van der Waals surface area contributed by atoms with Crippen LogP contribution < -0.4 is 0 Å². The first-order valence-electron chi connectivity index (χ1n) is 16.8. The molecule has 1 heterocycles. The Labute approximate surface area is 262 Å². The molecule has 0 aromatic rings. The zero-order chi connectivity index (χ0) is 32.4. The van der Waals surface area contributed by atoms with E-state index in [1.54, 1.807) is 0 Å². The van der Waals surface area contributed by atoms with E-state index in [1.807, 2.05) is 6.92 Å². The Morgan fingerprint density at radius 2 is 1.66 bits per heavy atom. The SMILES string of the molecule is C=C(CC[C@@H](C)[C@H]1[C@@H](O)[C@H](O)[C@@H]2[C@]1(C)CC[C@@H]1[C@@]3(C)CC[C@H](O[C@@H]4OC[C@@H](O)[C@H](O)[C@H]4OC)C[C@@H]3[C@H](O)C[C@]12O)[C@H](C)CO. The van der Waals surface area contributed by atoms with Crippen molar-refractivity contribution < 1.29 is 50.0 Å². The standard InChI is InChI=1S/C34H58O10/c1-17(19(3)15-35)7-8-18(2)25-27(39)28(40)30-33(25,5)12-10-24-32(4)11-9-20(13-21(32)22(36)14-34(24,30)41)44-31-29(42-6)26(38)23(37)16-43-31/h18-31,35-41H,1,7-16H2,2-6H3/t18-,19-,20+,21-,22-,23-,24-,25+,26+,27-,28+,29-,30-,31+,32+,33-,34+/m1/s1. The fraction of sp³-hybridized carbons (Fsp3) is 0.941. The molecule has 0 amide bonds. The minimum absolute atomic E-state index is 0.00905. The molecule has 5 aliphatic rings. The van der Waals surface area contributed by atoms with Crippen LogP contribution in [0.3, 0.4) is 0 Å². The molecule has 5 rings (SSSR count). The zero-order valence-electron chi connectivity index (χ0n) is 27.2. The van der Waals surface area contributed by atoms with Crippen LogP contribution in [-0.2, 0) is 14.2 Å². The number of ether oxygens (including phenoxy) is 3. The topological polar surface area (TPSA) is 169 Å². The van der Waals surface area contributed by atoms with Crippen molar-refractivity contribution in [2.75, 3.05) is 20.3 Å². The van der Waals surface area contributed by atoms with Gasteiger partial charge in [-0.05, 0) is 85.4 Å². The molecule has 4 saturated carbocycles. The Balaban J connectivity index is 1.33. The summed E-state index contributed by atoms with van der Waals surface area (Å²) in [7, 11) is 1.44. The number of hydrogen-bond acceptors (Lipinski definition) is 10. The quantitative estimate of drug-likeness (QED) is 0.148. The third kappa shape index (κ3) is 5.53. The third-order valence-electron chi connectivity index (χ3n) is 13.3. The molecule has 0 aromatic heterocycles. The van der Waals surface area contributed by atoms with E-state index in [4.69, 9.17) is 14.2 Å². The predicted octanol–water partition coefficient (Wildman–Crippen LogP) is 1.75. The molecular weight excluding hydrogens is 568 g/mol. The minimum Gasteiger partial charge on any atom is -0.396 e. The highest BCUT2D eigenvalue weighted by atomic mass is 16.7. The highest BCUT2D eigenvalue weighted by molar-refractivity contribution is 5.22. The molecule has 1 saturated heterocycles. The van der Waals surface area contributed by atoms with Gasteiger partial charge in [0, 0.05) is 26.1 Å². The van der Waals surface area contributed by atoms with Crippen molar-refractivity contribution in [1.82, 2.24) is 0 Å². The second-order valence-electron chi connectivity index (χ2n) is 15.7. The van der Waals surface area contributed by atoms with Crippen molar-refractivity contribution >= 4 is 0 Å². The lowest BCUT2D eigenvalue weighted by Gasteiger charge is -2.66. The normalized spacial score (nSPS) is 52.0. The lowest BCUT2D eigenvalue weighted by Crippen LogP contribution is -2.69. The predicted molar refractivity (Wildman–Crippen MR) is 162 cm³/mol. The number of aliphatic hydroxyl groups is 7. The molecule has 44 heavy (non-hydrogen) atoms. The van der Waals surface area contributed by atoms with Crippen molar-refractivity contribution in [2.24, 2.45) is 46.3 Å². The van der Waals surface area contributed by atoms with Gasteiger partial charge in [-0.3, -0.25) is 0 Å². The molecule has 10 nitrogen and oxygen atoms in total. The van der Waals surface area contributed by atoms with Crippen LogP contribution in [0.5, 0.6) is 0 Å². The van der Waals surface area contributed by atoms with E-state index in [-0.39, 0.29) is 55.3 Å². The number of hydrogen-bond donors (Lipinski definition) is 7. The lowest BCUT2D eigenvalue weighted by atomic mass is 9.42. The minimum atomic E-state index is -1.33. The van der Waals surface area contributed by atoms with E-state index in [9.17, 15) is 35.7 Å². The van der Waals surface area contributed by atoms with Gasteiger partial charge in [0.25, 0.3) is 0 Å². The van der Waals surface area contributed by atoms with Gasteiger partial charge in [0.1, 0.15) is 18.3 Å². The fourth-order valence-electron chi connectivity index (χ4n) is 10.9. The Morgan fingerprint density at radius 3 is 2.32 bits per heavy atom. The summed E-state index contributed by atoms with van der Waals surface area (Å²) in [6, 6.07) is 0. The highest BCUT2D eigenvalue weighted by Gasteiger charge is 2.72. The highest BCUT2D eigenvalue weighted by Crippen LogP contribution is 2.70. The van der Waals surface area contributed by atoms with Crippen molar-refractivity contribution in [2.45, 2.75) is 134 Å². The largest absolute Gasteiger partial charge is 0.396 e. The smallest absolute Gasteiger partial charge is 0.186 e. The van der Waals surface area contributed by atoms with Gasteiger partial charge in [0.2, 0.25) is 0 Å². The Kier molecular flexibility index (Phi) is 10.0. The summed E-state index contributed by atoms with van der Waals surface area (Å²) in [4.78, 5) is 0. The zero-order valence-corrected chi connectivity index (χ0v) is 27.2. The summed E-state index contributed by atoms with van der Waals surface area (Å²) in [5, 5.41) is 77.4. The molecule has 0 radical (unpaired) electrons. The average molecular weight is 627 g/mol. The number of rotatable bonds is 9. The van der Waals surface area contributed by atoms with Gasteiger partial charge in [-0.25, -0.2) is 0 Å². The van der Waals surface area contributed by atoms with Crippen LogP contribution in [0, 0.1) is 46.3 Å². The first-order chi connectivity index (χ1) is 20.6. The van der Waals surface area contributed by atoms with Crippen LogP contribution in [0.25, 0.3) is 0 Å². The molecule has 7 N–H and O–H groups in total. The third-order valence-corrected chi connectivity index (χ3v) is 13.3. The van der Waals surface area contributed by atoms with Gasteiger partial charge in [-0.2, -0.15) is 0 Å². The molecule has 254 valence electrons. The second-order valence-corrected chi connectivity index (χ2v) is 15.7. The molecule has 10 heteroatoms.